The molecule has 3 heteroatoms. The highest BCUT2D eigenvalue weighted by atomic mass is 16.5. The summed E-state index contributed by atoms with van der Waals surface area (Å²) in [6.45, 7) is 11.3. The van der Waals surface area contributed by atoms with Crippen molar-refractivity contribution in [1.29, 1.82) is 0 Å². The molecule has 0 saturated heterocycles. The summed E-state index contributed by atoms with van der Waals surface area (Å²) in [4.78, 5) is 10.8. The molecule has 0 aliphatic carbocycles. The number of carbonyl (C=O) groups is 1. The molecule has 1 aromatic carbocycles. The van der Waals surface area contributed by atoms with Gasteiger partial charge in [0, 0.05) is 0 Å². The molecule has 0 aliphatic rings. The summed E-state index contributed by atoms with van der Waals surface area (Å²) in [5.74, 6) is 0.981. The zero-order valence-electron chi connectivity index (χ0n) is 14.3. The van der Waals surface area contributed by atoms with Crippen LogP contribution >= 0.6 is 0 Å². The molecule has 122 valence electrons. The van der Waals surface area contributed by atoms with Crippen LogP contribution in [-0.4, -0.2) is 17.7 Å². The smallest absolute Gasteiger partial charge is 0.307 e. The maximum Gasteiger partial charge on any atom is 0.307 e. The lowest BCUT2D eigenvalue weighted by Crippen LogP contribution is -2.07. The second kappa shape index (κ2) is 8.62. The van der Waals surface area contributed by atoms with Gasteiger partial charge in [-0.25, -0.2) is 0 Å². The minimum Gasteiger partial charge on any atom is -0.493 e. The molecule has 0 unspecified atom stereocenters. The number of carboxylic acid groups (broad SMARTS) is 1. The van der Waals surface area contributed by atoms with Crippen LogP contribution in [0.4, 0.5) is 0 Å². The topological polar surface area (TPSA) is 46.5 Å². The molecule has 0 bridgehead atoms. The molecule has 0 heterocycles. The van der Waals surface area contributed by atoms with Crippen LogP contribution in [0.1, 0.15) is 64.5 Å². The fourth-order valence-electron chi connectivity index (χ4n) is 2.26. The third-order valence-corrected chi connectivity index (χ3v) is 3.48. The van der Waals surface area contributed by atoms with Crippen molar-refractivity contribution in [1.82, 2.24) is 0 Å². The second-order valence-corrected chi connectivity index (χ2v) is 6.29. The van der Waals surface area contributed by atoms with E-state index >= 15 is 0 Å². The maximum atomic E-state index is 10.8. The van der Waals surface area contributed by atoms with E-state index in [1.807, 2.05) is 19.1 Å². The Morgan fingerprint density at radius 2 is 1.95 bits per heavy atom. The van der Waals surface area contributed by atoms with Gasteiger partial charge in [-0.15, -0.1) is 0 Å². The summed E-state index contributed by atoms with van der Waals surface area (Å²) in [5.41, 5.74) is 3.33. The number of ether oxygens (including phenoxy) is 1. The highest BCUT2D eigenvalue weighted by molar-refractivity contribution is 5.74. The van der Waals surface area contributed by atoms with Crippen LogP contribution < -0.4 is 4.74 Å². The van der Waals surface area contributed by atoms with E-state index in [9.17, 15) is 4.79 Å². The summed E-state index contributed by atoms with van der Waals surface area (Å²) in [6.07, 6.45) is 2.68. The molecule has 1 aromatic rings. The van der Waals surface area contributed by atoms with Crippen molar-refractivity contribution >= 4 is 11.5 Å². The highest BCUT2D eigenvalue weighted by Gasteiger charge is 2.11. The second-order valence-electron chi connectivity index (χ2n) is 6.29. The Labute approximate surface area is 134 Å². The molecule has 0 fully saturated rings. The Bertz CT molecular complexity index is 527. The van der Waals surface area contributed by atoms with Crippen LogP contribution in [0, 0.1) is 5.92 Å². The van der Waals surface area contributed by atoms with Crippen LogP contribution in [0.15, 0.2) is 24.3 Å². The van der Waals surface area contributed by atoms with Crippen LogP contribution in [0.2, 0.25) is 0 Å². The first kappa shape index (κ1) is 18.3. The van der Waals surface area contributed by atoms with Gasteiger partial charge in [-0.2, -0.15) is 0 Å². The lowest BCUT2D eigenvalue weighted by molar-refractivity contribution is -0.135. The van der Waals surface area contributed by atoms with Gasteiger partial charge < -0.3 is 9.84 Å². The van der Waals surface area contributed by atoms with Crippen molar-refractivity contribution in [3.05, 3.63) is 35.4 Å². The number of allylic oxidation sites excluding steroid dienone is 1. The van der Waals surface area contributed by atoms with Gasteiger partial charge in [-0.1, -0.05) is 46.8 Å². The van der Waals surface area contributed by atoms with E-state index in [0.29, 0.717) is 18.4 Å². The Morgan fingerprint density at radius 3 is 2.45 bits per heavy atom. The Kier molecular flexibility index (Phi) is 7.16. The summed E-state index contributed by atoms with van der Waals surface area (Å²) >= 11 is 0. The first-order valence-corrected chi connectivity index (χ1v) is 8.03. The molecule has 0 amide bonds. The zero-order chi connectivity index (χ0) is 16.7. The molecule has 3 nitrogen and oxygen atoms in total. The van der Waals surface area contributed by atoms with Crippen LogP contribution in [0.3, 0.4) is 0 Å². The predicted molar refractivity (Wildman–Crippen MR) is 91.4 cm³/mol. The number of rotatable bonds is 8. The predicted octanol–water partition coefficient (Wildman–Crippen LogP) is 5.11. The zero-order valence-corrected chi connectivity index (χ0v) is 14.3. The van der Waals surface area contributed by atoms with E-state index in [2.05, 4.69) is 33.8 Å². The molecular formula is C19H28O3. The molecule has 0 saturated carbocycles. The lowest BCUT2D eigenvalue weighted by Gasteiger charge is -2.17. The van der Waals surface area contributed by atoms with Gasteiger partial charge >= 0.3 is 5.97 Å². The summed E-state index contributed by atoms with van der Waals surface area (Å²) in [7, 11) is 0. The molecule has 0 aromatic heterocycles. The molecule has 0 atom stereocenters. The number of carboxylic acids is 1. The minimum absolute atomic E-state index is 0.0613. The average Bonchev–Trinajstić information content (AvgIpc) is 2.45. The summed E-state index contributed by atoms with van der Waals surface area (Å²) in [6, 6.07) is 6.17. The van der Waals surface area contributed by atoms with E-state index in [1.165, 1.54) is 5.56 Å². The number of hydrogen-bond donors (Lipinski definition) is 1. The standard InChI is InChI=1S/C19H28O3/c1-6-15(8-10-19(20)21)16-7-9-18(22-12-13(2)3)17(11-16)14(4)5/h7-9,11,13-14H,6,10,12H2,1-5H3,(H,20,21)/b15-8+. The van der Waals surface area contributed by atoms with E-state index in [-0.39, 0.29) is 6.42 Å². The average molecular weight is 304 g/mol. The minimum atomic E-state index is -0.799. The van der Waals surface area contributed by atoms with Crippen LogP contribution in [0.5, 0.6) is 5.75 Å². The van der Waals surface area contributed by atoms with E-state index in [1.54, 1.807) is 6.08 Å². The molecule has 1 N–H and O–H groups in total. The van der Waals surface area contributed by atoms with Crippen molar-refractivity contribution in [3.63, 3.8) is 0 Å². The van der Waals surface area contributed by atoms with Gasteiger partial charge in [0.25, 0.3) is 0 Å². The summed E-state index contributed by atoms with van der Waals surface area (Å²) in [5, 5.41) is 8.85. The van der Waals surface area contributed by atoms with Gasteiger partial charge in [0.2, 0.25) is 0 Å². The van der Waals surface area contributed by atoms with Crippen molar-refractivity contribution < 1.29 is 14.6 Å². The molecule has 22 heavy (non-hydrogen) atoms. The van der Waals surface area contributed by atoms with E-state index in [0.717, 1.165) is 23.3 Å². The van der Waals surface area contributed by atoms with Crippen molar-refractivity contribution in [2.45, 2.75) is 53.4 Å². The Hall–Kier alpha value is -1.77. The molecular weight excluding hydrogens is 276 g/mol. The molecule has 1 rings (SSSR count). The van der Waals surface area contributed by atoms with Gasteiger partial charge in [0.15, 0.2) is 0 Å². The first-order chi connectivity index (χ1) is 10.3. The summed E-state index contributed by atoms with van der Waals surface area (Å²) < 4.78 is 5.91. The van der Waals surface area contributed by atoms with Gasteiger partial charge in [-0.05, 0) is 47.1 Å². The Balaban J connectivity index is 3.10. The van der Waals surface area contributed by atoms with Gasteiger partial charge in [-0.3, -0.25) is 4.79 Å². The molecule has 0 radical (unpaired) electrons. The molecule has 0 aliphatic heterocycles. The normalized spacial score (nSPS) is 12.0. The number of aliphatic carboxylic acids is 1. The maximum absolute atomic E-state index is 10.8. The highest BCUT2D eigenvalue weighted by Crippen LogP contribution is 2.31. The van der Waals surface area contributed by atoms with Gasteiger partial charge in [0.05, 0.1) is 13.0 Å². The fraction of sp³-hybridized carbons (Fsp3) is 0.526. The van der Waals surface area contributed by atoms with Crippen molar-refractivity contribution in [2.24, 2.45) is 5.92 Å². The van der Waals surface area contributed by atoms with E-state index in [4.69, 9.17) is 9.84 Å². The van der Waals surface area contributed by atoms with Crippen molar-refractivity contribution in [2.75, 3.05) is 6.61 Å². The third-order valence-electron chi connectivity index (χ3n) is 3.48. The van der Waals surface area contributed by atoms with Gasteiger partial charge in [0.1, 0.15) is 5.75 Å². The fourth-order valence-corrected chi connectivity index (χ4v) is 2.26. The van der Waals surface area contributed by atoms with Crippen LogP contribution in [-0.2, 0) is 4.79 Å². The van der Waals surface area contributed by atoms with E-state index < -0.39 is 5.97 Å². The quantitative estimate of drug-likeness (QED) is 0.725. The van der Waals surface area contributed by atoms with Crippen LogP contribution in [0.25, 0.3) is 5.57 Å². The Morgan fingerprint density at radius 1 is 1.27 bits per heavy atom. The first-order valence-electron chi connectivity index (χ1n) is 8.03. The lowest BCUT2D eigenvalue weighted by atomic mass is 9.95. The molecule has 0 spiro atoms. The monoisotopic (exact) mass is 304 g/mol. The largest absolute Gasteiger partial charge is 0.493 e. The number of benzene rings is 1. The third kappa shape index (κ3) is 5.55. The van der Waals surface area contributed by atoms with Crippen molar-refractivity contribution in [3.8, 4) is 5.75 Å². The number of hydrogen-bond acceptors (Lipinski definition) is 2. The SMILES string of the molecule is CC/C(=C\CC(=O)O)c1ccc(OCC(C)C)c(C(C)C)c1.